The molecule has 2 heterocycles. The summed E-state index contributed by atoms with van der Waals surface area (Å²) in [5.41, 5.74) is 6.83. The molecule has 0 aliphatic rings. The highest BCUT2D eigenvalue weighted by Gasteiger charge is 2.17. The number of nitrogens with two attached hydrogens (primary N) is 1. The van der Waals surface area contributed by atoms with E-state index in [1.165, 1.54) is 4.57 Å². The summed E-state index contributed by atoms with van der Waals surface area (Å²) in [6.45, 7) is 0.105. The van der Waals surface area contributed by atoms with E-state index in [1.807, 2.05) is 35.7 Å². The van der Waals surface area contributed by atoms with Crippen molar-refractivity contribution in [3.8, 4) is 0 Å². The molecule has 0 saturated carbocycles. The Hall–Kier alpha value is -3.29. The van der Waals surface area contributed by atoms with Gasteiger partial charge in [-0.1, -0.05) is 48.5 Å². The number of fused-ring (bicyclic) bond motifs is 1. The second-order valence-electron chi connectivity index (χ2n) is 6.64. The number of nitrogens with one attached hydrogen (secondary N) is 1. The zero-order chi connectivity index (χ0) is 20.2. The van der Waals surface area contributed by atoms with E-state index >= 15 is 0 Å². The first-order valence-electron chi connectivity index (χ1n) is 9.22. The molecule has 0 saturated heterocycles. The van der Waals surface area contributed by atoms with Gasteiger partial charge >= 0.3 is 0 Å². The number of carbonyl (C=O) groups excluding carboxylic acids is 1. The van der Waals surface area contributed by atoms with Gasteiger partial charge in [-0.15, -0.1) is 11.3 Å². The van der Waals surface area contributed by atoms with Gasteiger partial charge in [-0.2, -0.15) is 0 Å². The maximum Gasteiger partial charge on any atom is 0.261 e. The summed E-state index contributed by atoms with van der Waals surface area (Å²) in [5.74, 6) is -0.103. The predicted molar refractivity (Wildman–Crippen MR) is 115 cm³/mol. The second-order valence-corrected chi connectivity index (χ2v) is 7.62. The number of thiophene rings is 1. The summed E-state index contributed by atoms with van der Waals surface area (Å²) >= 11 is 1.66. The van der Waals surface area contributed by atoms with Crippen LogP contribution < -0.4 is 16.6 Å². The normalized spacial score (nSPS) is 12.1. The number of hydrogen-bond acceptors (Lipinski definition) is 5. The highest BCUT2D eigenvalue weighted by atomic mass is 32.1. The van der Waals surface area contributed by atoms with Gasteiger partial charge in [-0.05, 0) is 29.1 Å². The minimum absolute atomic E-state index is 0.0541. The lowest BCUT2D eigenvalue weighted by Gasteiger charge is -2.19. The van der Waals surface area contributed by atoms with Crippen molar-refractivity contribution in [2.24, 2.45) is 5.73 Å². The molecule has 4 aromatic rings. The van der Waals surface area contributed by atoms with Crippen LogP contribution in [0.25, 0.3) is 10.9 Å². The Bertz CT molecular complexity index is 1190. The quantitative estimate of drug-likeness (QED) is 0.496. The van der Waals surface area contributed by atoms with Crippen LogP contribution >= 0.6 is 11.3 Å². The number of amides is 1. The fourth-order valence-corrected chi connectivity index (χ4v) is 4.17. The molecular weight excluding hydrogens is 384 g/mol. The van der Waals surface area contributed by atoms with Gasteiger partial charge in [0.25, 0.3) is 5.56 Å². The number of benzene rings is 2. The van der Waals surface area contributed by atoms with E-state index in [9.17, 15) is 9.59 Å². The first-order valence-corrected chi connectivity index (χ1v) is 10.1. The lowest BCUT2D eigenvalue weighted by Crippen LogP contribution is -2.34. The Labute approximate surface area is 171 Å². The number of primary amides is 1. The molecule has 2 aromatic carbocycles. The van der Waals surface area contributed by atoms with E-state index in [0.29, 0.717) is 23.3 Å². The van der Waals surface area contributed by atoms with Crippen LogP contribution in [0, 0.1) is 0 Å². The largest absolute Gasteiger partial charge is 0.368 e. The van der Waals surface area contributed by atoms with Gasteiger partial charge in [0.05, 0.1) is 23.5 Å². The Morgan fingerprint density at radius 3 is 2.55 bits per heavy atom. The molecule has 4 rings (SSSR count). The van der Waals surface area contributed by atoms with Crippen molar-refractivity contribution in [2.75, 3.05) is 0 Å². The summed E-state index contributed by atoms with van der Waals surface area (Å²) in [4.78, 5) is 30.3. The van der Waals surface area contributed by atoms with E-state index in [-0.39, 0.29) is 18.1 Å². The molecule has 0 spiro atoms. The number of rotatable bonds is 7. The van der Waals surface area contributed by atoms with Crippen LogP contribution in [0.3, 0.4) is 0 Å². The van der Waals surface area contributed by atoms with Gasteiger partial charge in [-0.25, -0.2) is 4.98 Å². The van der Waals surface area contributed by atoms with Crippen molar-refractivity contribution < 1.29 is 4.79 Å². The molecule has 2 aromatic heterocycles. The highest BCUT2D eigenvalue weighted by molar-refractivity contribution is 7.10. The number of carbonyl (C=O) groups is 1. The SMILES string of the molecule is NC(=O)Cn1c(CN[C@@H](c2ccccc2)c2cccs2)nc2ccccc2c1=O. The predicted octanol–water partition coefficient (Wildman–Crippen LogP) is 2.82. The third-order valence-electron chi connectivity index (χ3n) is 4.68. The Kier molecular flexibility index (Phi) is 5.50. The minimum Gasteiger partial charge on any atom is -0.368 e. The number of hydrogen-bond donors (Lipinski definition) is 2. The minimum atomic E-state index is -0.580. The topological polar surface area (TPSA) is 90.0 Å². The van der Waals surface area contributed by atoms with Crippen LogP contribution in [-0.2, 0) is 17.9 Å². The molecule has 146 valence electrons. The zero-order valence-electron chi connectivity index (χ0n) is 15.6. The van der Waals surface area contributed by atoms with Crippen LogP contribution in [0.4, 0.5) is 0 Å². The highest BCUT2D eigenvalue weighted by Crippen LogP contribution is 2.26. The molecule has 1 amide bonds. The third kappa shape index (κ3) is 4.11. The zero-order valence-corrected chi connectivity index (χ0v) is 16.4. The molecule has 6 nitrogen and oxygen atoms in total. The Morgan fingerprint density at radius 1 is 1.07 bits per heavy atom. The molecule has 3 N–H and O–H groups in total. The number of nitrogens with zero attached hydrogens (tertiary/aromatic N) is 2. The van der Waals surface area contributed by atoms with E-state index in [1.54, 1.807) is 29.5 Å². The maximum absolute atomic E-state index is 12.9. The van der Waals surface area contributed by atoms with Crippen molar-refractivity contribution in [3.63, 3.8) is 0 Å². The number of aromatic nitrogens is 2. The van der Waals surface area contributed by atoms with Crippen LogP contribution in [0.1, 0.15) is 22.3 Å². The molecule has 0 radical (unpaired) electrons. The van der Waals surface area contributed by atoms with Gasteiger partial charge in [0.15, 0.2) is 0 Å². The molecular formula is C22H20N4O2S. The second kappa shape index (κ2) is 8.38. The van der Waals surface area contributed by atoms with Gasteiger partial charge in [0, 0.05) is 4.88 Å². The molecule has 0 bridgehead atoms. The summed E-state index contributed by atoms with van der Waals surface area (Å²) in [5, 5.41) is 6.00. The van der Waals surface area contributed by atoms with Crippen LogP contribution in [-0.4, -0.2) is 15.5 Å². The van der Waals surface area contributed by atoms with Crippen molar-refractivity contribution in [1.82, 2.24) is 14.9 Å². The van der Waals surface area contributed by atoms with Crippen molar-refractivity contribution in [3.05, 3.63) is 98.7 Å². The standard InChI is InChI=1S/C22H20N4O2S/c23-19(27)14-26-20(25-17-10-5-4-9-16(17)22(26)28)13-24-21(18-11-6-12-29-18)15-7-2-1-3-8-15/h1-12,21,24H,13-14H2,(H2,23,27)/t21-/m0/s1. The van der Waals surface area contributed by atoms with E-state index < -0.39 is 5.91 Å². The summed E-state index contributed by atoms with van der Waals surface area (Å²) < 4.78 is 1.36. The third-order valence-corrected chi connectivity index (χ3v) is 5.62. The van der Waals surface area contributed by atoms with E-state index in [0.717, 1.165) is 10.4 Å². The van der Waals surface area contributed by atoms with Crippen LogP contribution in [0.15, 0.2) is 76.9 Å². The van der Waals surface area contributed by atoms with Crippen LogP contribution in [0.2, 0.25) is 0 Å². The molecule has 0 fully saturated rings. The molecule has 0 aliphatic carbocycles. The average Bonchev–Trinajstić information content (AvgIpc) is 3.26. The van der Waals surface area contributed by atoms with Crippen molar-refractivity contribution >= 4 is 28.1 Å². The van der Waals surface area contributed by atoms with E-state index in [2.05, 4.69) is 28.5 Å². The lowest BCUT2D eigenvalue weighted by molar-refractivity contribution is -0.118. The molecule has 7 heteroatoms. The van der Waals surface area contributed by atoms with E-state index in [4.69, 9.17) is 5.73 Å². The van der Waals surface area contributed by atoms with Gasteiger partial charge < -0.3 is 5.73 Å². The van der Waals surface area contributed by atoms with Crippen molar-refractivity contribution in [2.45, 2.75) is 19.1 Å². The number of para-hydroxylation sites is 1. The fourth-order valence-electron chi connectivity index (χ4n) is 3.34. The summed E-state index contributed by atoms with van der Waals surface area (Å²) in [7, 11) is 0. The lowest BCUT2D eigenvalue weighted by atomic mass is 10.1. The monoisotopic (exact) mass is 404 g/mol. The van der Waals surface area contributed by atoms with Crippen molar-refractivity contribution in [1.29, 1.82) is 0 Å². The molecule has 1 atom stereocenters. The van der Waals surface area contributed by atoms with Gasteiger partial charge in [-0.3, -0.25) is 19.5 Å². The molecule has 0 aliphatic heterocycles. The first-order chi connectivity index (χ1) is 14.1. The fraction of sp³-hybridized carbons (Fsp3) is 0.136. The van der Waals surface area contributed by atoms with Gasteiger partial charge in [0.2, 0.25) is 5.91 Å². The van der Waals surface area contributed by atoms with Crippen LogP contribution in [0.5, 0.6) is 0 Å². The van der Waals surface area contributed by atoms with Gasteiger partial charge in [0.1, 0.15) is 12.4 Å². The molecule has 29 heavy (non-hydrogen) atoms. The Morgan fingerprint density at radius 2 is 1.83 bits per heavy atom. The molecule has 0 unspecified atom stereocenters. The first kappa shape index (κ1) is 19.0. The average molecular weight is 404 g/mol. The summed E-state index contributed by atoms with van der Waals surface area (Å²) in [6, 6.07) is 21.2. The smallest absolute Gasteiger partial charge is 0.261 e. The maximum atomic E-state index is 12.9. The summed E-state index contributed by atoms with van der Waals surface area (Å²) in [6.07, 6.45) is 0. The Balaban J connectivity index is 1.72.